The lowest BCUT2D eigenvalue weighted by atomic mass is 10.1. The summed E-state index contributed by atoms with van der Waals surface area (Å²) in [5, 5.41) is 8.90. The Kier molecular flexibility index (Phi) is 4.23. The Labute approximate surface area is 122 Å². The van der Waals surface area contributed by atoms with Gasteiger partial charge in [0.1, 0.15) is 5.82 Å². The van der Waals surface area contributed by atoms with Crippen LogP contribution in [0.4, 0.5) is 5.82 Å². The van der Waals surface area contributed by atoms with E-state index in [-0.39, 0.29) is 17.1 Å². The molecule has 21 heavy (non-hydrogen) atoms. The summed E-state index contributed by atoms with van der Waals surface area (Å²) in [6.07, 6.45) is 1.50. The molecule has 0 radical (unpaired) electrons. The maximum Gasteiger partial charge on any atom is 0.335 e. The molecule has 0 aliphatic heterocycles. The normalized spacial score (nSPS) is 11.1. The number of carboxylic acid groups (broad SMARTS) is 1. The van der Waals surface area contributed by atoms with Crippen LogP contribution in [0.25, 0.3) is 0 Å². The Morgan fingerprint density at radius 2 is 2.05 bits per heavy atom. The number of aromatic carboxylic acids is 1. The van der Waals surface area contributed by atoms with Crippen molar-refractivity contribution in [3.05, 3.63) is 59.3 Å². The van der Waals surface area contributed by atoms with Crippen LogP contribution in [0.5, 0.6) is 0 Å². The number of anilines is 1. The smallest absolute Gasteiger partial charge is 0.335 e. The third kappa shape index (κ3) is 4.03. The first kappa shape index (κ1) is 15.0. The van der Waals surface area contributed by atoms with Gasteiger partial charge in [0.05, 0.1) is 11.3 Å². The highest BCUT2D eigenvalue weighted by atomic mass is 32.2. The molecule has 0 unspecified atom stereocenters. The molecule has 0 saturated carbocycles. The van der Waals surface area contributed by atoms with Crippen molar-refractivity contribution in [2.45, 2.75) is 12.7 Å². The van der Waals surface area contributed by atoms with Gasteiger partial charge in [-0.2, -0.15) is 0 Å². The zero-order chi connectivity index (χ0) is 15.5. The summed E-state index contributed by atoms with van der Waals surface area (Å²) in [4.78, 5) is 14.8. The summed E-state index contributed by atoms with van der Waals surface area (Å²) < 4.78 is 26.6. The van der Waals surface area contributed by atoms with Gasteiger partial charge in [0, 0.05) is 6.20 Å². The number of benzene rings is 1. The minimum absolute atomic E-state index is 0.0525. The van der Waals surface area contributed by atoms with E-state index in [9.17, 15) is 13.2 Å². The Morgan fingerprint density at radius 1 is 1.29 bits per heavy atom. The summed E-state index contributed by atoms with van der Waals surface area (Å²) in [6, 6.07) is 9.29. The average molecular weight is 306 g/mol. The minimum atomic E-state index is -3.66. The van der Waals surface area contributed by atoms with E-state index < -0.39 is 16.0 Å². The number of pyridine rings is 1. The summed E-state index contributed by atoms with van der Waals surface area (Å²) in [6.45, 7) is 1.75. The van der Waals surface area contributed by atoms with E-state index in [4.69, 9.17) is 5.11 Å². The standard InChI is InChI=1S/C14H14N2O4S/c1-10-4-3-7-15-13(10)16-21(19,20)9-11-5-2-6-12(8-11)14(17)18/h2-8H,9H2,1H3,(H,15,16)(H,17,18). The van der Waals surface area contributed by atoms with Gasteiger partial charge in [0.15, 0.2) is 0 Å². The van der Waals surface area contributed by atoms with Crippen molar-refractivity contribution in [3.63, 3.8) is 0 Å². The summed E-state index contributed by atoms with van der Waals surface area (Å²) in [5.41, 5.74) is 1.16. The third-order valence-electron chi connectivity index (χ3n) is 2.79. The van der Waals surface area contributed by atoms with Crippen LogP contribution in [0.2, 0.25) is 0 Å². The van der Waals surface area contributed by atoms with Gasteiger partial charge in [-0.05, 0) is 36.2 Å². The van der Waals surface area contributed by atoms with Gasteiger partial charge >= 0.3 is 5.97 Å². The molecular formula is C14H14N2O4S. The fourth-order valence-corrected chi connectivity index (χ4v) is 2.99. The first-order chi connectivity index (χ1) is 9.87. The number of nitrogens with one attached hydrogen (secondary N) is 1. The van der Waals surface area contributed by atoms with Crippen LogP contribution >= 0.6 is 0 Å². The number of hydrogen-bond donors (Lipinski definition) is 2. The molecule has 7 heteroatoms. The van der Waals surface area contributed by atoms with E-state index >= 15 is 0 Å². The minimum Gasteiger partial charge on any atom is -0.478 e. The van der Waals surface area contributed by atoms with Gasteiger partial charge < -0.3 is 5.11 Å². The molecule has 0 atom stereocenters. The lowest BCUT2D eigenvalue weighted by Gasteiger charge is -2.09. The molecular weight excluding hydrogens is 292 g/mol. The molecule has 2 rings (SSSR count). The van der Waals surface area contributed by atoms with E-state index in [1.807, 2.05) is 0 Å². The summed E-state index contributed by atoms with van der Waals surface area (Å²) in [7, 11) is -3.66. The fraction of sp³-hybridized carbons (Fsp3) is 0.143. The molecule has 110 valence electrons. The monoisotopic (exact) mass is 306 g/mol. The molecule has 0 bridgehead atoms. The average Bonchev–Trinajstić information content (AvgIpc) is 2.41. The second-order valence-electron chi connectivity index (χ2n) is 4.54. The highest BCUT2D eigenvalue weighted by Crippen LogP contribution is 2.15. The number of nitrogens with zero attached hydrogens (tertiary/aromatic N) is 1. The van der Waals surface area contributed by atoms with E-state index in [2.05, 4.69) is 9.71 Å². The number of rotatable bonds is 5. The molecule has 1 aromatic heterocycles. The van der Waals surface area contributed by atoms with E-state index in [0.717, 1.165) is 0 Å². The van der Waals surface area contributed by atoms with Crippen LogP contribution in [-0.2, 0) is 15.8 Å². The maximum absolute atomic E-state index is 12.1. The third-order valence-corrected chi connectivity index (χ3v) is 4.01. The highest BCUT2D eigenvalue weighted by Gasteiger charge is 2.14. The predicted molar refractivity (Wildman–Crippen MR) is 78.6 cm³/mol. The SMILES string of the molecule is Cc1cccnc1NS(=O)(=O)Cc1cccc(C(=O)O)c1. The van der Waals surface area contributed by atoms with Crippen molar-refractivity contribution in [2.24, 2.45) is 0 Å². The first-order valence-electron chi connectivity index (χ1n) is 6.12. The highest BCUT2D eigenvalue weighted by molar-refractivity contribution is 7.91. The van der Waals surface area contributed by atoms with Crippen molar-refractivity contribution in [2.75, 3.05) is 4.72 Å². The lowest BCUT2D eigenvalue weighted by Crippen LogP contribution is -2.17. The molecule has 0 saturated heterocycles. The molecule has 1 aromatic carbocycles. The Bertz CT molecular complexity index is 772. The molecule has 0 amide bonds. The van der Waals surface area contributed by atoms with E-state index in [1.165, 1.54) is 24.4 Å². The Morgan fingerprint density at radius 3 is 2.71 bits per heavy atom. The maximum atomic E-state index is 12.1. The molecule has 0 spiro atoms. The van der Waals surface area contributed by atoms with E-state index in [1.54, 1.807) is 25.1 Å². The van der Waals surface area contributed by atoms with Gasteiger partial charge in [-0.1, -0.05) is 18.2 Å². The summed E-state index contributed by atoms with van der Waals surface area (Å²) in [5.74, 6) is -1.14. The number of aromatic nitrogens is 1. The van der Waals surface area contributed by atoms with Crippen LogP contribution in [-0.4, -0.2) is 24.5 Å². The zero-order valence-corrected chi connectivity index (χ0v) is 12.1. The number of hydrogen-bond acceptors (Lipinski definition) is 4. The van der Waals surface area contributed by atoms with Crippen LogP contribution in [0, 0.1) is 6.92 Å². The van der Waals surface area contributed by atoms with Crippen LogP contribution in [0.3, 0.4) is 0 Å². The van der Waals surface area contributed by atoms with Gasteiger partial charge in [0.2, 0.25) is 10.0 Å². The van der Waals surface area contributed by atoms with Crippen molar-refractivity contribution >= 4 is 21.8 Å². The number of carbonyl (C=O) groups is 1. The first-order valence-corrected chi connectivity index (χ1v) is 7.77. The molecule has 0 fully saturated rings. The van der Waals surface area contributed by atoms with Crippen LogP contribution in [0.1, 0.15) is 21.5 Å². The molecule has 6 nitrogen and oxygen atoms in total. The zero-order valence-electron chi connectivity index (χ0n) is 11.3. The van der Waals surface area contributed by atoms with Crippen molar-refractivity contribution in [1.29, 1.82) is 0 Å². The fourth-order valence-electron chi connectivity index (χ4n) is 1.79. The quantitative estimate of drug-likeness (QED) is 0.881. The predicted octanol–water partition coefficient (Wildman–Crippen LogP) is 2.03. The van der Waals surface area contributed by atoms with E-state index in [0.29, 0.717) is 11.1 Å². The summed E-state index contributed by atoms with van der Waals surface area (Å²) >= 11 is 0. The molecule has 0 aliphatic carbocycles. The Balaban J connectivity index is 2.20. The largest absolute Gasteiger partial charge is 0.478 e. The number of sulfonamides is 1. The van der Waals surface area contributed by atoms with Crippen molar-refractivity contribution in [3.8, 4) is 0 Å². The van der Waals surface area contributed by atoms with Crippen molar-refractivity contribution < 1.29 is 18.3 Å². The van der Waals surface area contributed by atoms with Crippen LogP contribution in [0.15, 0.2) is 42.6 Å². The van der Waals surface area contributed by atoms with Gasteiger partial charge in [-0.3, -0.25) is 4.72 Å². The second kappa shape index (κ2) is 5.92. The second-order valence-corrected chi connectivity index (χ2v) is 6.26. The molecule has 1 heterocycles. The Hall–Kier alpha value is -2.41. The molecule has 2 N–H and O–H groups in total. The van der Waals surface area contributed by atoms with Crippen LogP contribution < -0.4 is 4.72 Å². The van der Waals surface area contributed by atoms with Gasteiger partial charge in [-0.25, -0.2) is 18.2 Å². The molecule has 0 aliphatic rings. The van der Waals surface area contributed by atoms with Gasteiger partial charge in [-0.15, -0.1) is 0 Å². The van der Waals surface area contributed by atoms with Gasteiger partial charge in [0.25, 0.3) is 0 Å². The topological polar surface area (TPSA) is 96.4 Å². The lowest BCUT2D eigenvalue weighted by molar-refractivity contribution is 0.0696. The number of carboxylic acids is 1. The van der Waals surface area contributed by atoms with Crippen molar-refractivity contribution in [1.82, 2.24) is 4.98 Å². The number of aryl methyl sites for hydroxylation is 1. The molecule has 2 aromatic rings.